The number of aliphatic hydroxyl groups is 1. The largest absolute Gasteiger partial charge is 0.389 e. The van der Waals surface area contributed by atoms with Gasteiger partial charge in [-0.1, -0.05) is 18.2 Å². The van der Waals surface area contributed by atoms with Gasteiger partial charge in [0.2, 0.25) is 0 Å². The second kappa shape index (κ2) is 6.01. The molecule has 0 radical (unpaired) electrons. The van der Waals surface area contributed by atoms with Crippen LogP contribution in [0.3, 0.4) is 0 Å². The monoisotopic (exact) mass is 358 g/mol. The maximum Gasteiger partial charge on any atom is 0.137 e. The topological polar surface area (TPSA) is 63.3 Å². The highest BCUT2D eigenvalue weighted by Crippen LogP contribution is 2.29. The first-order valence-corrected chi connectivity index (χ1v) is 9.07. The van der Waals surface area contributed by atoms with Gasteiger partial charge in [-0.2, -0.15) is 0 Å². The van der Waals surface area contributed by atoms with Crippen molar-refractivity contribution in [1.82, 2.24) is 19.4 Å². The third-order valence-electron chi connectivity index (χ3n) is 4.39. The molecule has 5 nitrogen and oxygen atoms in total. The van der Waals surface area contributed by atoms with Crippen molar-refractivity contribution < 1.29 is 5.11 Å². The zero-order chi connectivity index (χ0) is 17.5. The van der Waals surface area contributed by atoms with Crippen LogP contribution in [-0.2, 0) is 6.61 Å². The van der Waals surface area contributed by atoms with Crippen LogP contribution in [0.5, 0.6) is 0 Å². The number of thiazole rings is 1. The van der Waals surface area contributed by atoms with Crippen LogP contribution in [0.1, 0.15) is 5.01 Å². The Labute approximate surface area is 153 Å². The molecule has 0 saturated heterocycles. The third kappa shape index (κ3) is 2.47. The average Bonchev–Trinajstić information content (AvgIpc) is 3.33. The normalized spacial score (nSPS) is 11.4. The van der Waals surface area contributed by atoms with E-state index in [0.29, 0.717) is 0 Å². The Morgan fingerprint density at radius 3 is 2.85 bits per heavy atom. The Morgan fingerprint density at radius 2 is 1.96 bits per heavy atom. The molecule has 26 heavy (non-hydrogen) atoms. The zero-order valence-corrected chi connectivity index (χ0v) is 14.5. The maximum atomic E-state index is 9.21. The van der Waals surface area contributed by atoms with E-state index in [0.717, 1.165) is 43.9 Å². The number of hydrogen-bond acceptors (Lipinski definition) is 5. The molecule has 4 aromatic heterocycles. The average molecular weight is 358 g/mol. The molecule has 5 aromatic rings. The summed E-state index contributed by atoms with van der Waals surface area (Å²) in [4.78, 5) is 13.4. The van der Waals surface area contributed by atoms with Crippen LogP contribution in [0.4, 0.5) is 0 Å². The molecule has 5 rings (SSSR count). The fraction of sp³-hybridized carbons (Fsp3) is 0.0500. The van der Waals surface area contributed by atoms with E-state index in [4.69, 9.17) is 4.98 Å². The number of hydrogen-bond donors (Lipinski definition) is 1. The minimum atomic E-state index is -0.0297. The van der Waals surface area contributed by atoms with Gasteiger partial charge in [-0.15, -0.1) is 11.3 Å². The van der Waals surface area contributed by atoms with Crippen molar-refractivity contribution in [3.63, 3.8) is 0 Å². The summed E-state index contributed by atoms with van der Waals surface area (Å²) in [6.07, 6.45) is 7.73. The Kier molecular flexibility index (Phi) is 3.51. The molecule has 0 aliphatic rings. The van der Waals surface area contributed by atoms with E-state index in [1.54, 1.807) is 6.20 Å². The maximum absolute atomic E-state index is 9.21. The van der Waals surface area contributed by atoms with E-state index >= 15 is 0 Å². The molecule has 126 valence electrons. The molecule has 6 heteroatoms. The minimum Gasteiger partial charge on any atom is -0.389 e. The first-order valence-electron chi connectivity index (χ1n) is 8.19. The Morgan fingerprint density at radius 1 is 1.00 bits per heavy atom. The highest BCUT2D eigenvalue weighted by molar-refractivity contribution is 7.09. The summed E-state index contributed by atoms with van der Waals surface area (Å²) in [6.45, 7) is -0.0297. The summed E-state index contributed by atoms with van der Waals surface area (Å²) in [5.41, 5.74) is 4.76. The van der Waals surface area contributed by atoms with Crippen LogP contribution in [0.25, 0.3) is 38.9 Å². The molecule has 1 aromatic carbocycles. The van der Waals surface area contributed by atoms with Gasteiger partial charge in [0.25, 0.3) is 0 Å². The number of pyridine rings is 2. The first-order chi connectivity index (χ1) is 12.8. The Balaban J connectivity index is 1.64. The van der Waals surface area contributed by atoms with Crippen LogP contribution in [-0.4, -0.2) is 24.5 Å². The summed E-state index contributed by atoms with van der Waals surface area (Å²) in [5.74, 6) is 0. The molecule has 0 atom stereocenters. The third-order valence-corrected chi connectivity index (χ3v) is 5.22. The summed E-state index contributed by atoms with van der Waals surface area (Å²) < 4.78 is 2.02. The highest BCUT2D eigenvalue weighted by atomic mass is 32.1. The Bertz CT molecular complexity index is 1240. The molecular formula is C20H14N4OS. The zero-order valence-electron chi connectivity index (χ0n) is 13.7. The SMILES string of the molecule is OCc1nc(-c2ccc3nc(-c4cccc5cnccc45)cn3c2)cs1. The number of aliphatic hydroxyl groups excluding tert-OH is 1. The lowest BCUT2D eigenvalue weighted by atomic mass is 10.0. The summed E-state index contributed by atoms with van der Waals surface area (Å²) in [5, 5.41) is 14.1. The van der Waals surface area contributed by atoms with Crippen LogP contribution in [0, 0.1) is 0 Å². The van der Waals surface area contributed by atoms with Gasteiger partial charge in [-0.25, -0.2) is 9.97 Å². The smallest absolute Gasteiger partial charge is 0.137 e. The van der Waals surface area contributed by atoms with Crippen LogP contribution in [0.2, 0.25) is 0 Å². The van der Waals surface area contributed by atoms with E-state index in [1.807, 2.05) is 52.6 Å². The van der Waals surface area contributed by atoms with Crippen LogP contribution in [0.15, 0.2) is 66.6 Å². The number of nitrogens with zero attached hydrogens (tertiary/aromatic N) is 4. The van der Waals surface area contributed by atoms with E-state index < -0.39 is 0 Å². The van der Waals surface area contributed by atoms with E-state index in [1.165, 1.54) is 11.3 Å². The predicted octanol–water partition coefficient (Wildman–Crippen LogP) is 4.17. The van der Waals surface area contributed by atoms with Gasteiger partial charge in [0.15, 0.2) is 0 Å². The fourth-order valence-electron chi connectivity index (χ4n) is 3.14. The molecule has 0 fully saturated rings. The molecule has 0 aliphatic heterocycles. The van der Waals surface area contributed by atoms with Crippen LogP contribution >= 0.6 is 11.3 Å². The van der Waals surface area contributed by atoms with Gasteiger partial charge in [0, 0.05) is 46.7 Å². The van der Waals surface area contributed by atoms with Gasteiger partial charge in [-0.05, 0) is 23.6 Å². The number of imidazole rings is 1. The minimum absolute atomic E-state index is 0.0297. The van der Waals surface area contributed by atoms with Gasteiger partial charge >= 0.3 is 0 Å². The first kappa shape index (κ1) is 15.2. The molecule has 4 heterocycles. The molecular weight excluding hydrogens is 344 g/mol. The number of fused-ring (bicyclic) bond motifs is 2. The summed E-state index contributed by atoms with van der Waals surface area (Å²) >= 11 is 1.46. The van der Waals surface area contributed by atoms with Crippen molar-refractivity contribution in [2.24, 2.45) is 0 Å². The lowest BCUT2D eigenvalue weighted by molar-refractivity contribution is 0.281. The second-order valence-electron chi connectivity index (χ2n) is 6.00. The Hall–Kier alpha value is -3.09. The van der Waals surface area contributed by atoms with Crippen molar-refractivity contribution in [3.8, 4) is 22.5 Å². The van der Waals surface area contributed by atoms with Gasteiger partial charge in [0.05, 0.1) is 18.0 Å². The molecule has 0 unspecified atom stereocenters. The van der Waals surface area contributed by atoms with Gasteiger partial charge in [-0.3, -0.25) is 4.98 Å². The fourth-order valence-corrected chi connectivity index (χ4v) is 3.80. The molecule has 0 bridgehead atoms. The molecule has 0 aliphatic carbocycles. The number of rotatable bonds is 3. The molecule has 0 saturated carbocycles. The summed E-state index contributed by atoms with van der Waals surface area (Å²) in [7, 11) is 0. The van der Waals surface area contributed by atoms with Crippen molar-refractivity contribution in [3.05, 3.63) is 71.6 Å². The van der Waals surface area contributed by atoms with E-state index in [9.17, 15) is 5.11 Å². The van der Waals surface area contributed by atoms with Crippen molar-refractivity contribution in [2.75, 3.05) is 0 Å². The van der Waals surface area contributed by atoms with E-state index in [2.05, 4.69) is 22.1 Å². The summed E-state index contributed by atoms with van der Waals surface area (Å²) in [6, 6.07) is 12.2. The molecule has 1 N–H and O–H groups in total. The lowest BCUT2D eigenvalue weighted by Crippen LogP contribution is -1.86. The van der Waals surface area contributed by atoms with Crippen molar-refractivity contribution in [2.45, 2.75) is 6.61 Å². The van der Waals surface area contributed by atoms with Crippen molar-refractivity contribution >= 4 is 27.8 Å². The van der Waals surface area contributed by atoms with Gasteiger partial charge < -0.3 is 9.51 Å². The second-order valence-corrected chi connectivity index (χ2v) is 6.94. The van der Waals surface area contributed by atoms with Crippen LogP contribution < -0.4 is 0 Å². The number of aromatic nitrogens is 4. The molecule has 0 spiro atoms. The number of benzene rings is 1. The predicted molar refractivity (Wildman–Crippen MR) is 103 cm³/mol. The van der Waals surface area contributed by atoms with E-state index in [-0.39, 0.29) is 6.61 Å². The van der Waals surface area contributed by atoms with Crippen molar-refractivity contribution in [1.29, 1.82) is 0 Å². The standard InChI is InChI=1S/C20H14N4OS/c25-11-20-23-18(12-26-20)14-4-5-19-22-17(10-24(19)9-14)16-3-1-2-13-8-21-7-6-15(13)16/h1-10,12,25H,11H2. The lowest BCUT2D eigenvalue weighted by Gasteiger charge is -2.02. The molecule has 0 amide bonds. The quantitative estimate of drug-likeness (QED) is 0.526. The van der Waals surface area contributed by atoms with Gasteiger partial charge in [0.1, 0.15) is 10.7 Å². The highest BCUT2D eigenvalue weighted by Gasteiger charge is 2.10.